The first-order chi connectivity index (χ1) is 17.3. The number of aliphatic hydroxyl groups excluding tert-OH is 2. The third kappa shape index (κ3) is 6.71. The molecule has 2 unspecified atom stereocenters. The quantitative estimate of drug-likeness (QED) is 0.119. The number of pyridine rings is 1. The van der Waals surface area contributed by atoms with Gasteiger partial charge in [0, 0.05) is 5.56 Å². The molecule has 1 aliphatic heterocycles. The molecular formula is C20H24ClFN4O7P2S2. The Morgan fingerprint density at radius 1 is 1.35 bits per heavy atom. The van der Waals surface area contributed by atoms with Crippen molar-refractivity contribution in [2.75, 3.05) is 17.8 Å². The Balaban J connectivity index is 1.56. The smallest absolute Gasteiger partial charge is 0.336 e. The molecule has 0 saturated carbocycles. The van der Waals surface area contributed by atoms with E-state index >= 15 is 0 Å². The van der Waals surface area contributed by atoms with E-state index in [1.54, 1.807) is 31.2 Å². The molecule has 5 N–H and O–H groups in total. The standard InChI is InChI=1S/C20H24ClFN4O7P2S2/c1-10(11-4-2-3-5-13(11)22)24-14-6-16(21)25-19-12(14)7-23-26(19)20-18(28)17(27)15(33-20)8-32-34(29,30)9-35(31,36)37/h2-7,10,15,17-18,20,27-28H,8-9H2,1H3,(H,24,25)(H,29,30)(H2,31,36,37)/t10-,15+,17+,18+,20+/m0/s1. The van der Waals surface area contributed by atoms with Gasteiger partial charge >= 0.3 is 7.60 Å². The summed E-state index contributed by atoms with van der Waals surface area (Å²) < 4.78 is 38.3. The highest BCUT2D eigenvalue weighted by Gasteiger charge is 2.46. The number of ether oxygens (including phenoxy) is 1. The lowest BCUT2D eigenvalue weighted by atomic mass is 10.1. The Kier molecular flexibility index (Phi) is 8.69. The molecule has 0 radical (unpaired) electrons. The molecule has 37 heavy (non-hydrogen) atoms. The molecule has 7 atom stereocenters. The van der Waals surface area contributed by atoms with E-state index in [1.165, 1.54) is 16.9 Å². The minimum absolute atomic E-state index is 0.0816. The number of hydrogen-bond donors (Lipinski definition) is 6. The first-order valence-corrected chi connectivity index (χ1v) is 17.1. The summed E-state index contributed by atoms with van der Waals surface area (Å²) in [5.74, 6) is -1.11. The molecule has 3 heterocycles. The number of nitrogens with zero attached hydrogens (tertiary/aromatic N) is 3. The van der Waals surface area contributed by atoms with E-state index in [0.29, 0.717) is 16.6 Å². The zero-order chi connectivity index (χ0) is 27.1. The number of aliphatic hydroxyl groups is 2. The second-order valence-electron chi connectivity index (χ2n) is 8.49. The van der Waals surface area contributed by atoms with Crippen LogP contribution in [-0.2, 0) is 25.6 Å². The molecule has 0 amide bonds. The van der Waals surface area contributed by atoms with Gasteiger partial charge in [0.25, 0.3) is 0 Å². The molecule has 4 rings (SSSR count). The molecule has 0 spiro atoms. The molecule has 3 aromatic rings. The fourth-order valence-electron chi connectivity index (χ4n) is 3.96. The van der Waals surface area contributed by atoms with Gasteiger partial charge in [-0.15, -0.1) is 12.2 Å². The summed E-state index contributed by atoms with van der Waals surface area (Å²) in [6.45, 7) is 1.20. The molecule has 0 aliphatic carbocycles. The van der Waals surface area contributed by atoms with Gasteiger partial charge in [-0.3, -0.25) is 4.57 Å². The highest BCUT2D eigenvalue weighted by atomic mass is 35.5. The third-order valence-corrected chi connectivity index (χ3v) is 11.5. The first-order valence-electron chi connectivity index (χ1n) is 10.8. The van der Waals surface area contributed by atoms with Crippen LogP contribution in [0.15, 0.2) is 36.5 Å². The zero-order valence-electron chi connectivity index (χ0n) is 19.1. The summed E-state index contributed by atoms with van der Waals surface area (Å²) in [6.07, 6.45) is -4.01. The van der Waals surface area contributed by atoms with Crippen molar-refractivity contribution in [3.63, 3.8) is 0 Å². The number of fused-ring (bicyclic) bond motifs is 1. The molecule has 1 fully saturated rings. The number of anilines is 1. The number of halogens is 2. The summed E-state index contributed by atoms with van der Waals surface area (Å²) in [4.78, 5) is 23.8. The number of hydrogen-bond acceptors (Lipinski definition) is 9. The van der Waals surface area contributed by atoms with Crippen molar-refractivity contribution in [3.8, 4) is 0 Å². The topological polar surface area (TPSA) is 159 Å². The third-order valence-electron chi connectivity index (χ3n) is 5.66. The minimum atomic E-state index is -4.33. The van der Waals surface area contributed by atoms with Crippen LogP contribution in [0, 0.1) is 5.82 Å². The Labute approximate surface area is 226 Å². The SMILES string of the molecule is C[C@H](Nc1cc(Cl)nc2c1cnn2[C@@H]1O[C@H](COP(=O)(O)CP(O)(=S)S)[C@@H](O)[C@H]1O)c1ccccc1F. The van der Waals surface area contributed by atoms with Crippen LogP contribution in [0.25, 0.3) is 11.0 Å². The number of benzene rings is 1. The van der Waals surface area contributed by atoms with Gasteiger partial charge in [0.15, 0.2) is 11.9 Å². The molecular weight excluding hydrogens is 589 g/mol. The van der Waals surface area contributed by atoms with Gasteiger partial charge in [-0.1, -0.05) is 41.6 Å². The molecule has 17 heteroatoms. The Morgan fingerprint density at radius 3 is 2.73 bits per heavy atom. The van der Waals surface area contributed by atoms with Crippen LogP contribution in [0.2, 0.25) is 5.15 Å². The summed E-state index contributed by atoms with van der Waals surface area (Å²) in [5, 5.41) is 29.1. The highest BCUT2D eigenvalue weighted by Crippen LogP contribution is 2.60. The van der Waals surface area contributed by atoms with Crippen molar-refractivity contribution in [3.05, 3.63) is 53.1 Å². The van der Waals surface area contributed by atoms with E-state index in [2.05, 4.69) is 39.5 Å². The van der Waals surface area contributed by atoms with E-state index in [1.807, 2.05) is 0 Å². The number of nitrogens with one attached hydrogen (secondary N) is 1. The summed E-state index contributed by atoms with van der Waals surface area (Å²) >= 11 is 14.6. The molecule has 0 bridgehead atoms. The normalized spacial score (nSPS) is 26.1. The molecule has 2 aromatic heterocycles. The van der Waals surface area contributed by atoms with E-state index in [4.69, 9.17) is 20.9 Å². The van der Waals surface area contributed by atoms with Gasteiger partial charge in [0.1, 0.15) is 40.7 Å². The summed E-state index contributed by atoms with van der Waals surface area (Å²) in [5.41, 5.74) is -2.18. The Morgan fingerprint density at radius 2 is 2.05 bits per heavy atom. The van der Waals surface area contributed by atoms with Crippen LogP contribution in [0.4, 0.5) is 10.1 Å². The number of rotatable bonds is 9. The maximum Gasteiger partial charge on any atom is 0.336 e. The van der Waals surface area contributed by atoms with Crippen molar-refractivity contribution in [1.82, 2.24) is 14.8 Å². The van der Waals surface area contributed by atoms with E-state index in [9.17, 15) is 29.0 Å². The molecule has 11 nitrogen and oxygen atoms in total. The number of aromatic nitrogens is 3. The van der Waals surface area contributed by atoms with Crippen LogP contribution < -0.4 is 5.32 Å². The second-order valence-corrected chi connectivity index (χ2v) is 17.5. The second kappa shape index (κ2) is 11.1. The monoisotopic (exact) mass is 612 g/mol. The highest BCUT2D eigenvalue weighted by molar-refractivity contribution is 8.62. The average Bonchev–Trinajstić information content (AvgIpc) is 3.32. The van der Waals surface area contributed by atoms with Crippen molar-refractivity contribution in [2.45, 2.75) is 37.5 Å². The lowest BCUT2D eigenvalue weighted by Crippen LogP contribution is -2.33. The fourth-order valence-corrected chi connectivity index (χ4v) is 9.47. The van der Waals surface area contributed by atoms with Gasteiger partial charge in [-0.25, -0.2) is 14.1 Å². The zero-order valence-corrected chi connectivity index (χ0v) is 23.4. The minimum Gasteiger partial charge on any atom is -0.387 e. The van der Waals surface area contributed by atoms with Gasteiger partial charge in [-0.05, 0) is 19.1 Å². The van der Waals surface area contributed by atoms with Crippen molar-refractivity contribution >= 4 is 65.4 Å². The Bertz CT molecular complexity index is 1400. The molecule has 1 aliphatic rings. The largest absolute Gasteiger partial charge is 0.387 e. The van der Waals surface area contributed by atoms with Gasteiger partial charge in [0.2, 0.25) is 0 Å². The maximum absolute atomic E-state index is 14.3. The van der Waals surface area contributed by atoms with Gasteiger partial charge < -0.3 is 34.6 Å². The van der Waals surface area contributed by atoms with Crippen LogP contribution in [0.5, 0.6) is 0 Å². The number of thiol groups is 1. The van der Waals surface area contributed by atoms with Gasteiger partial charge in [0.05, 0.1) is 29.9 Å². The lowest BCUT2D eigenvalue weighted by Gasteiger charge is -2.19. The fraction of sp³-hybridized carbons (Fsp3) is 0.400. The van der Waals surface area contributed by atoms with Crippen LogP contribution in [0.3, 0.4) is 0 Å². The van der Waals surface area contributed by atoms with Crippen LogP contribution in [-0.4, -0.2) is 65.6 Å². The molecule has 1 saturated heterocycles. The van der Waals surface area contributed by atoms with Crippen LogP contribution in [0.1, 0.15) is 24.8 Å². The van der Waals surface area contributed by atoms with Crippen LogP contribution >= 0.6 is 36.9 Å². The predicted octanol–water partition coefficient (Wildman–Crippen LogP) is 3.41. The summed E-state index contributed by atoms with van der Waals surface area (Å²) in [7, 11) is -4.33. The van der Waals surface area contributed by atoms with Gasteiger partial charge in [-0.2, -0.15) is 5.10 Å². The first kappa shape index (κ1) is 28.8. The van der Waals surface area contributed by atoms with E-state index in [-0.39, 0.29) is 16.6 Å². The average molecular weight is 613 g/mol. The molecule has 1 aromatic carbocycles. The molecule has 202 valence electrons. The lowest BCUT2D eigenvalue weighted by molar-refractivity contribution is -0.0541. The predicted molar refractivity (Wildman–Crippen MR) is 143 cm³/mol. The maximum atomic E-state index is 14.3. The Hall–Kier alpha value is -1.15. The van der Waals surface area contributed by atoms with Crippen molar-refractivity contribution < 1.29 is 38.2 Å². The summed E-state index contributed by atoms with van der Waals surface area (Å²) in [6, 6.07) is 7.44. The van der Waals surface area contributed by atoms with Crippen molar-refractivity contribution in [2.24, 2.45) is 0 Å². The van der Waals surface area contributed by atoms with E-state index in [0.717, 1.165) is 0 Å². The van der Waals surface area contributed by atoms with Crippen molar-refractivity contribution in [1.29, 1.82) is 0 Å². The van der Waals surface area contributed by atoms with E-state index < -0.39 is 56.2 Å².